The summed E-state index contributed by atoms with van der Waals surface area (Å²) in [6.07, 6.45) is 0. The van der Waals surface area contributed by atoms with Gasteiger partial charge in [-0.25, -0.2) is 0 Å². The van der Waals surface area contributed by atoms with E-state index in [1.165, 1.54) is 0 Å². The topological polar surface area (TPSA) is 21.3 Å². The van der Waals surface area contributed by atoms with Crippen molar-refractivity contribution in [3.63, 3.8) is 0 Å². The van der Waals surface area contributed by atoms with Gasteiger partial charge in [-0.05, 0) is 12.1 Å². The minimum atomic E-state index is 0.524. The monoisotopic (exact) mass is 251 g/mol. The molecule has 0 saturated heterocycles. The van der Waals surface area contributed by atoms with Crippen molar-refractivity contribution in [2.24, 2.45) is 0 Å². The Morgan fingerprint density at radius 1 is 1.43 bits per heavy atom. The van der Waals surface area contributed by atoms with Crippen LogP contribution in [0.2, 0.25) is 10.0 Å². The standard InChI is InChI=1S/C9H11Cl2NOS/c1-13-9-6(4-12-5-14)2-7(10)3-8(9)11/h2-3,12,14H,4-5H2,1H3. The van der Waals surface area contributed by atoms with E-state index in [4.69, 9.17) is 27.9 Å². The van der Waals surface area contributed by atoms with Gasteiger partial charge in [0.25, 0.3) is 0 Å². The van der Waals surface area contributed by atoms with Crippen molar-refractivity contribution in [1.29, 1.82) is 0 Å². The van der Waals surface area contributed by atoms with Crippen molar-refractivity contribution in [3.8, 4) is 5.75 Å². The van der Waals surface area contributed by atoms with E-state index < -0.39 is 0 Å². The number of ether oxygens (including phenoxy) is 1. The number of benzene rings is 1. The lowest BCUT2D eigenvalue weighted by Gasteiger charge is -2.10. The zero-order chi connectivity index (χ0) is 10.6. The largest absolute Gasteiger partial charge is 0.495 e. The molecule has 1 N–H and O–H groups in total. The Bertz CT molecular complexity index is 320. The number of thiol groups is 1. The van der Waals surface area contributed by atoms with Crippen molar-refractivity contribution in [2.75, 3.05) is 13.0 Å². The molecular formula is C9H11Cl2NOS. The molecule has 0 saturated carbocycles. The first-order valence-corrected chi connectivity index (χ1v) is 5.41. The number of hydrogen-bond acceptors (Lipinski definition) is 3. The molecule has 0 fully saturated rings. The predicted octanol–water partition coefficient (Wildman–Crippen LogP) is 2.98. The van der Waals surface area contributed by atoms with Gasteiger partial charge in [0, 0.05) is 23.0 Å². The van der Waals surface area contributed by atoms with E-state index in [2.05, 4.69) is 17.9 Å². The van der Waals surface area contributed by atoms with Gasteiger partial charge in [0.15, 0.2) is 0 Å². The summed E-state index contributed by atoms with van der Waals surface area (Å²) in [5.74, 6) is 1.25. The number of rotatable bonds is 4. The molecule has 0 aromatic heterocycles. The maximum atomic E-state index is 5.96. The Labute approximate surface area is 99.0 Å². The van der Waals surface area contributed by atoms with E-state index in [1.54, 1.807) is 13.2 Å². The lowest BCUT2D eigenvalue weighted by Crippen LogP contribution is -2.11. The van der Waals surface area contributed by atoms with Gasteiger partial charge in [-0.1, -0.05) is 23.2 Å². The summed E-state index contributed by atoms with van der Waals surface area (Å²) in [7, 11) is 1.58. The van der Waals surface area contributed by atoms with E-state index in [1.807, 2.05) is 6.07 Å². The van der Waals surface area contributed by atoms with Gasteiger partial charge in [0.2, 0.25) is 0 Å². The summed E-state index contributed by atoms with van der Waals surface area (Å²) in [6, 6.07) is 3.48. The van der Waals surface area contributed by atoms with Crippen LogP contribution in [0.4, 0.5) is 0 Å². The molecule has 1 aromatic rings. The molecule has 0 bridgehead atoms. The van der Waals surface area contributed by atoms with Crippen molar-refractivity contribution < 1.29 is 4.74 Å². The van der Waals surface area contributed by atoms with Crippen LogP contribution in [0, 0.1) is 0 Å². The number of hydrogen-bond donors (Lipinski definition) is 2. The molecule has 5 heteroatoms. The van der Waals surface area contributed by atoms with E-state index in [0.717, 1.165) is 5.56 Å². The zero-order valence-electron chi connectivity index (χ0n) is 7.68. The molecule has 0 aliphatic carbocycles. The highest BCUT2D eigenvalue weighted by Gasteiger charge is 2.08. The van der Waals surface area contributed by atoms with Crippen molar-refractivity contribution in [2.45, 2.75) is 6.54 Å². The average Bonchev–Trinajstić information content (AvgIpc) is 2.14. The van der Waals surface area contributed by atoms with E-state index in [-0.39, 0.29) is 0 Å². The summed E-state index contributed by atoms with van der Waals surface area (Å²) < 4.78 is 5.17. The van der Waals surface area contributed by atoms with Gasteiger partial charge in [-0.15, -0.1) is 0 Å². The van der Waals surface area contributed by atoms with Crippen LogP contribution < -0.4 is 10.1 Å². The molecule has 1 aromatic carbocycles. The molecular weight excluding hydrogens is 241 g/mol. The predicted molar refractivity (Wildman–Crippen MR) is 63.7 cm³/mol. The smallest absolute Gasteiger partial charge is 0.142 e. The summed E-state index contributed by atoms with van der Waals surface area (Å²) in [6.45, 7) is 0.632. The Morgan fingerprint density at radius 3 is 2.71 bits per heavy atom. The van der Waals surface area contributed by atoms with Crippen LogP contribution in [0.15, 0.2) is 12.1 Å². The highest BCUT2D eigenvalue weighted by molar-refractivity contribution is 7.80. The van der Waals surface area contributed by atoms with Gasteiger partial charge in [0.1, 0.15) is 5.75 Å². The summed E-state index contributed by atoms with van der Waals surface area (Å²) in [5, 5.41) is 4.19. The first-order valence-electron chi connectivity index (χ1n) is 4.02. The minimum Gasteiger partial charge on any atom is -0.495 e. The lowest BCUT2D eigenvalue weighted by molar-refractivity contribution is 0.408. The molecule has 0 amide bonds. The van der Waals surface area contributed by atoms with Gasteiger partial charge in [-0.3, -0.25) is 0 Å². The van der Waals surface area contributed by atoms with Crippen molar-refractivity contribution >= 4 is 35.8 Å². The van der Waals surface area contributed by atoms with Crippen LogP contribution in [0.5, 0.6) is 5.75 Å². The first kappa shape index (κ1) is 12.0. The fourth-order valence-corrected chi connectivity index (χ4v) is 1.89. The SMILES string of the molecule is COc1c(Cl)cc(Cl)cc1CNCS. The third-order valence-corrected chi connectivity index (χ3v) is 2.44. The normalized spacial score (nSPS) is 10.3. The highest BCUT2D eigenvalue weighted by Crippen LogP contribution is 2.31. The summed E-state index contributed by atoms with van der Waals surface area (Å²) in [4.78, 5) is 0. The quantitative estimate of drug-likeness (QED) is 0.635. The average molecular weight is 252 g/mol. The van der Waals surface area contributed by atoms with Crippen molar-refractivity contribution in [3.05, 3.63) is 27.7 Å². The maximum Gasteiger partial charge on any atom is 0.142 e. The molecule has 0 radical (unpaired) electrons. The lowest BCUT2D eigenvalue weighted by atomic mass is 10.2. The second-order valence-electron chi connectivity index (χ2n) is 2.66. The van der Waals surface area contributed by atoms with Gasteiger partial charge in [-0.2, -0.15) is 12.6 Å². The Balaban J connectivity index is 2.99. The fourth-order valence-electron chi connectivity index (χ4n) is 1.16. The van der Waals surface area contributed by atoms with Crippen LogP contribution >= 0.6 is 35.8 Å². The van der Waals surface area contributed by atoms with Gasteiger partial charge >= 0.3 is 0 Å². The van der Waals surface area contributed by atoms with Crippen LogP contribution in [0.25, 0.3) is 0 Å². The number of halogens is 2. The van der Waals surface area contributed by atoms with Gasteiger partial charge < -0.3 is 10.1 Å². The Morgan fingerprint density at radius 2 is 2.14 bits per heavy atom. The molecule has 0 heterocycles. The molecule has 0 aliphatic heterocycles. The van der Waals surface area contributed by atoms with Crippen molar-refractivity contribution in [1.82, 2.24) is 5.32 Å². The van der Waals surface area contributed by atoms with E-state index in [0.29, 0.717) is 28.2 Å². The van der Waals surface area contributed by atoms with E-state index in [9.17, 15) is 0 Å². The second-order valence-corrected chi connectivity index (χ2v) is 3.82. The molecule has 1 rings (SSSR count). The fraction of sp³-hybridized carbons (Fsp3) is 0.333. The third kappa shape index (κ3) is 2.95. The number of methoxy groups -OCH3 is 1. The van der Waals surface area contributed by atoms with Gasteiger partial charge in [0.05, 0.1) is 12.1 Å². The van der Waals surface area contributed by atoms with Crippen LogP contribution in [0.1, 0.15) is 5.56 Å². The molecule has 14 heavy (non-hydrogen) atoms. The first-order chi connectivity index (χ1) is 6.69. The maximum absolute atomic E-state index is 5.96. The second kappa shape index (κ2) is 5.71. The Kier molecular flexibility index (Phi) is 4.89. The third-order valence-electron chi connectivity index (χ3n) is 1.72. The zero-order valence-corrected chi connectivity index (χ0v) is 10.1. The number of nitrogens with one attached hydrogen (secondary N) is 1. The molecule has 0 atom stereocenters. The molecule has 0 aliphatic rings. The highest BCUT2D eigenvalue weighted by atomic mass is 35.5. The molecule has 0 unspecified atom stereocenters. The summed E-state index contributed by atoms with van der Waals surface area (Å²) >= 11 is 15.9. The molecule has 2 nitrogen and oxygen atoms in total. The Hall–Kier alpha value is -0.0900. The van der Waals surface area contributed by atoms with Crippen LogP contribution in [0.3, 0.4) is 0 Å². The van der Waals surface area contributed by atoms with Crippen LogP contribution in [-0.4, -0.2) is 13.0 Å². The van der Waals surface area contributed by atoms with Crippen LogP contribution in [-0.2, 0) is 6.54 Å². The molecule has 0 spiro atoms. The van der Waals surface area contributed by atoms with E-state index >= 15 is 0 Å². The summed E-state index contributed by atoms with van der Waals surface area (Å²) in [5.41, 5.74) is 0.930. The minimum absolute atomic E-state index is 0.524. The molecule has 78 valence electrons.